The standard InChI is InChI=1S/C13H14N2O2S/c1-8-9(2)17-12(15-8)7-14-13(16)10-4-3-5-11(18)6-10/h3-6,18H,7H2,1-2H3,(H,14,16). The molecule has 4 nitrogen and oxygen atoms in total. The summed E-state index contributed by atoms with van der Waals surface area (Å²) in [5, 5.41) is 2.75. The van der Waals surface area contributed by atoms with Gasteiger partial charge in [-0.15, -0.1) is 12.6 Å². The van der Waals surface area contributed by atoms with E-state index in [2.05, 4.69) is 22.9 Å². The minimum atomic E-state index is -0.167. The van der Waals surface area contributed by atoms with Crippen molar-refractivity contribution < 1.29 is 9.21 Å². The predicted molar refractivity (Wildman–Crippen MR) is 70.8 cm³/mol. The monoisotopic (exact) mass is 262 g/mol. The quantitative estimate of drug-likeness (QED) is 0.836. The molecule has 0 atom stereocenters. The van der Waals surface area contributed by atoms with E-state index < -0.39 is 0 Å². The van der Waals surface area contributed by atoms with Crippen molar-refractivity contribution in [2.75, 3.05) is 0 Å². The molecule has 1 aromatic carbocycles. The molecular weight excluding hydrogens is 248 g/mol. The maximum Gasteiger partial charge on any atom is 0.251 e. The van der Waals surface area contributed by atoms with Gasteiger partial charge in [0.2, 0.25) is 5.89 Å². The molecule has 0 radical (unpaired) electrons. The summed E-state index contributed by atoms with van der Waals surface area (Å²) in [5.74, 6) is 1.12. The highest BCUT2D eigenvalue weighted by molar-refractivity contribution is 7.80. The minimum absolute atomic E-state index is 0.167. The lowest BCUT2D eigenvalue weighted by molar-refractivity contribution is 0.0947. The van der Waals surface area contributed by atoms with Gasteiger partial charge < -0.3 is 9.73 Å². The smallest absolute Gasteiger partial charge is 0.251 e. The molecule has 0 saturated heterocycles. The largest absolute Gasteiger partial charge is 0.444 e. The topological polar surface area (TPSA) is 55.1 Å². The van der Waals surface area contributed by atoms with Crippen LogP contribution in [-0.4, -0.2) is 10.9 Å². The highest BCUT2D eigenvalue weighted by Crippen LogP contribution is 2.10. The summed E-state index contributed by atoms with van der Waals surface area (Å²) in [7, 11) is 0. The lowest BCUT2D eigenvalue weighted by Gasteiger charge is -2.03. The van der Waals surface area contributed by atoms with E-state index >= 15 is 0 Å². The molecule has 0 saturated carbocycles. The van der Waals surface area contributed by atoms with Crippen LogP contribution >= 0.6 is 12.6 Å². The van der Waals surface area contributed by atoms with Gasteiger partial charge in [0.1, 0.15) is 5.76 Å². The molecule has 2 rings (SSSR count). The Bertz CT molecular complexity index is 559. The highest BCUT2D eigenvalue weighted by atomic mass is 32.1. The third-order valence-corrected chi connectivity index (χ3v) is 2.86. The number of amides is 1. The number of aromatic nitrogens is 1. The molecule has 0 bridgehead atoms. The zero-order chi connectivity index (χ0) is 13.1. The van der Waals surface area contributed by atoms with E-state index in [-0.39, 0.29) is 12.5 Å². The molecule has 0 aliphatic carbocycles. The number of carbonyl (C=O) groups is 1. The lowest BCUT2D eigenvalue weighted by Crippen LogP contribution is -2.22. The number of thiol groups is 1. The second kappa shape index (κ2) is 5.27. The highest BCUT2D eigenvalue weighted by Gasteiger charge is 2.09. The second-order valence-electron chi connectivity index (χ2n) is 3.98. The maximum atomic E-state index is 11.8. The van der Waals surface area contributed by atoms with Gasteiger partial charge in [-0.3, -0.25) is 4.79 Å². The third kappa shape index (κ3) is 2.92. The Balaban J connectivity index is 2.00. The third-order valence-electron chi connectivity index (χ3n) is 2.58. The Kier molecular flexibility index (Phi) is 3.72. The zero-order valence-electron chi connectivity index (χ0n) is 10.2. The molecule has 18 heavy (non-hydrogen) atoms. The zero-order valence-corrected chi connectivity index (χ0v) is 11.1. The average Bonchev–Trinajstić information content (AvgIpc) is 2.66. The number of benzene rings is 1. The van der Waals surface area contributed by atoms with Crippen molar-refractivity contribution >= 4 is 18.5 Å². The summed E-state index contributed by atoms with van der Waals surface area (Å²) in [6.45, 7) is 4.00. The number of aryl methyl sites for hydroxylation is 2. The van der Waals surface area contributed by atoms with Gasteiger partial charge in [-0.05, 0) is 32.0 Å². The van der Waals surface area contributed by atoms with E-state index in [0.29, 0.717) is 11.5 Å². The summed E-state index contributed by atoms with van der Waals surface area (Å²) in [4.78, 5) is 16.8. The number of oxazole rings is 1. The van der Waals surface area contributed by atoms with Crippen molar-refractivity contribution in [3.63, 3.8) is 0 Å². The van der Waals surface area contributed by atoms with Gasteiger partial charge >= 0.3 is 0 Å². The molecule has 0 spiro atoms. The van der Waals surface area contributed by atoms with Crippen LogP contribution < -0.4 is 5.32 Å². The Morgan fingerprint density at radius 2 is 2.22 bits per heavy atom. The van der Waals surface area contributed by atoms with Gasteiger partial charge in [-0.2, -0.15) is 0 Å². The number of hydrogen-bond acceptors (Lipinski definition) is 4. The molecule has 0 fully saturated rings. The van der Waals surface area contributed by atoms with Crippen LogP contribution in [-0.2, 0) is 6.54 Å². The van der Waals surface area contributed by atoms with Gasteiger partial charge in [0.25, 0.3) is 5.91 Å². The van der Waals surface area contributed by atoms with E-state index in [9.17, 15) is 4.79 Å². The van der Waals surface area contributed by atoms with Crippen LogP contribution in [0.3, 0.4) is 0 Å². The van der Waals surface area contributed by atoms with E-state index in [1.807, 2.05) is 19.9 Å². The normalized spacial score (nSPS) is 10.4. The van der Waals surface area contributed by atoms with Gasteiger partial charge in [0.15, 0.2) is 0 Å². The second-order valence-corrected chi connectivity index (χ2v) is 4.50. The summed E-state index contributed by atoms with van der Waals surface area (Å²) < 4.78 is 5.38. The fraction of sp³-hybridized carbons (Fsp3) is 0.231. The molecule has 1 aromatic heterocycles. The van der Waals surface area contributed by atoms with Crippen molar-refractivity contribution in [2.24, 2.45) is 0 Å². The summed E-state index contributed by atoms with van der Waals surface area (Å²) in [5.41, 5.74) is 1.42. The number of nitrogens with one attached hydrogen (secondary N) is 1. The van der Waals surface area contributed by atoms with Crippen molar-refractivity contribution in [1.29, 1.82) is 0 Å². The van der Waals surface area contributed by atoms with Crippen LogP contribution in [0.15, 0.2) is 33.6 Å². The van der Waals surface area contributed by atoms with Crippen molar-refractivity contribution in [3.8, 4) is 0 Å². The van der Waals surface area contributed by atoms with Gasteiger partial charge in [-0.25, -0.2) is 4.98 Å². The fourth-order valence-electron chi connectivity index (χ4n) is 1.52. The molecule has 2 aromatic rings. The first-order chi connectivity index (χ1) is 8.56. The van der Waals surface area contributed by atoms with E-state index in [0.717, 1.165) is 16.3 Å². The van der Waals surface area contributed by atoms with Crippen LogP contribution in [0.2, 0.25) is 0 Å². The molecule has 1 amide bonds. The van der Waals surface area contributed by atoms with Crippen LogP contribution in [0.4, 0.5) is 0 Å². The lowest BCUT2D eigenvalue weighted by atomic mass is 10.2. The predicted octanol–water partition coefficient (Wildman–Crippen LogP) is 2.51. The molecule has 94 valence electrons. The Morgan fingerprint density at radius 3 is 2.83 bits per heavy atom. The van der Waals surface area contributed by atoms with Crippen LogP contribution in [0.25, 0.3) is 0 Å². The van der Waals surface area contributed by atoms with E-state index in [1.54, 1.807) is 18.2 Å². The molecule has 1 N–H and O–H groups in total. The van der Waals surface area contributed by atoms with Gasteiger partial charge in [0, 0.05) is 10.5 Å². The van der Waals surface area contributed by atoms with Crippen LogP contribution in [0, 0.1) is 13.8 Å². The number of hydrogen-bond donors (Lipinski definition) is 2. The minimum Gasteiger partial charge on any atom is -0.444 e. The SMILES string of the molecule is Cc1nc(CNC(=O)c2cccc(S)c2)oc1C. The van der Waals surface area contributed by atoms with Crippen molar-refractivity contribution in [3.05, 3.63) is 47.2 Å². The summed E-state index contributed by atoms with van der Waals surface area (Å²) in [6, 6.07) is 7.06. The molecule has 5 heteroatoms. The van der Waals surface area contributed by atoms with E-state index in [4.69, 9.17) is 4.42 Å². The van der Waals surface area contributed by atoms with Gasteiger partial charge in [-0.1, -0.05) is 6.07 Å². The molecule has 0 unspecified atom stereocenters. The molecule has 0 aliphatic rings. The van der Waals surface area contributed by atoms with Crippen LogP contribution in [0.5, 0.6) is 0 Å². The van der Waals surface area contributed by atoms with Crippen LogP contribution in [0.1, 0.15) is 27.7 Å². The summed E-state index contributed by atoms with van der Waals surface area (Å²) >= 11 is 4.19. The van der Waals surface area contributed by atoms with Gasteiger partial charge in [0.05, 0.1) is 12.2 Å². The summed E-state index contributed by atoms with van der Waals surface area (Å²) in [6.07, 6.45) is 0. The first kappa shape index (κ1) is 12.7. The number of carbonyl (C=O) groups excluding carboxylic acids is 1. The fourth-order valence-corrected chi connectivity index (χ4v) is 1.75. The van der Waals surface area contributed by atoms with E-state index in [1.165, 1.54) is 0 Å². The maximum absolute atomic E-state index is 11.8. The van der Waals surface area contributed by atoms with Crippen molar-refractivity contribution in [1.82, 2.24) is 10.3 Å². The Morgan fingerprint density at radius 1 is 1.44 bits per heavy atom. The average molecular weight is 262 g/mol. The Labute approximate surface area is 111 Å². The van der Waals surface area contributed by atoms with Crippen molar-refractivity contribution in [2.45, 2.75) is 25.3 Å². The number of rotatable bonds is 3. The molecule has 1 heterocycles. The molecule has 0 aliphatic heterocycles. The molecular formula is C13H14N2O2S. The Hall–Kier alpha value is -1.75. The first-order valence-corrected chi connectivity index (χ1v) is 6.01. The first-order valence-electron chi connectivity index (χ1n) is 5.56. The number of nitrogens with zero attached hydrogens (tertiary/aromatic N) is 1.